The van der Waals surface area contributed by atoms with Crippen molar-refractivity contribution in [2.45, 2.75) is 51.0 Å². The van der Waals surface area contributed by atoms with Crippen molar-refractivity contribution in [1.29, 1.82) is 0 Å². The fourth-order valence-corrected chi connectivity index (χ4v) is 3.56. The Morgan fingerprint density at radius 1 is 1.03 bits per heavy atom. The molecule has 1 fully saturated rings. The van der Waals surface area contributed by atoms with Gasteiger partial charge in [-0.15, -0.1) is 6.58 Å². The van der Waals surface area contributed by atoms with Crippen LogP contribution in [0.25, 0.3) is 0 Å². The highest BCUT2D eigenvalue weighted by Gasteiger charge is 2.24. The van der Waals surface area contributed by atoms with Crippen LogP contribution in [0.3, 0.4) is 0 Å². The van der Waals surface area contributed by atoms with E-state index in [4.69, 9.17) is 14.2 Å². The molecular weight excluding hydrogens is 386 g/mol. The number of benzene rings is 2. The second kappa shape index (κ2) is 11.1. The standard InChI is InChI=1S/C25H30F2O3/c1-3-5-6-18-7-9-19(10-8-18)20-11-12-21(29-16-20)17-30-23-14-13-22(28-15-4-2)24(26)25(23)27/h3,7-10,13-14,20-21H,1,4-6,11-12,15-17H2,2H3. The third kappa shape index (κ3) is 5.82. The lowest BCUT2D eigenvalue weighted by Crippen LogP contribution is -2.29. The zero-order chi connectivity index (χ0) is 21.3. The zero-order valence-corrected chi connectivity index (χ0v) is 17.5. The summed E-state index contributed by atoms with van der Waals surface area (Å²) in [6.45, 7) is 6.79. The summed E-state index contributed by atoms with van der Waals surface area (Å²) in [6.07, 6.45) is 6.29. The van der Waals surface area contributed by atoms with Gasteiger partial charge in [-0.3, -0.25) is 0 Å². The number of aryl methyl sites for hydroxylation is 1. The molecule has 0 amide bonds. The average molecular weight is 417 g/mol. The van der Waals surface area contributed by atoms with Crippen LogP contribution in [0.15, 0.2) is 49.1 Å². The summed E-state index contributed by atoms with van der Waals surface area (Å²) in [7, 11) is 0. The van der Waals surface area contributed by atoms with Gasteiger partial charge in [0.2, 0.25) is 11.6 Å². The van der Waals surface area contributed by atoms with E-state index in [9.17, 15) is 8.78 Å². The van der Waals surface area contributed by atoms with Gasteiger partial charge in [0.1, 0.15) is 6.61 Å². The van der Waals surface area contributed by atoms with Crippen molar-refractivity contribution in [3.8, 4) is 11.5 Å². The fraction of sp³-hybridized carbons (Fsp3) is 0.440. The maximum absolute atomic E-state index is 14.2. The van der Waals surface area contributed by atoms with Gasteiger partial charge in [-0.2, -0.15) is 8.78 Å². The summed E-state index contributed by atoms with van der Waals surface area (Å²) in [4.78, 5) is 0. The molecule has 162 valence electrons. The largest absolute Gasteiger partial charge is 0.490 e. The van der Waals surface area contributed by atoms with Crippen LogP contribution in [0.4, 0.5) is 8.78 Å². The first-order valence-corrected chi connectivity index (χ1v) is 10.7. The van der Waals surface area contributed by atoms with Crippen molar-refractivity contribution in [3.63, 3.8) is 0 Å². The summed E-state index contributed by atoms with van der Waals surface area (Å²) in [5.41, 5.74) is 2.58. The van der Waals surface area contributed by atoms with Gasteiger partial charge in [-0.05, 0) is 55.4 Å². The van der Waals surface area contributed by atoms with E-state index in [1.807, 2.05) is 13.0 Å². The Kier molecular flexibility index (Phi) is 8.26. The molecule has 0 aromatic heterocycles. The Labute approximate surface area is 177 Å². The summed E-state index contributed by atoms with van der Waals surface area (Å²) < 4.78 is 44.9. The van der Waals surface area contributed by atoms with Gasteiger partial charge in [-0.25, -0.2) is 0 Å². The quantitative estimate of drug-likeness (QED) is 0.431. The molecule has 3 rings (SSSR count). The number of hydrogen-bond acceptors (Lipinski definition) is 3. The van der Waals surface area contributed by atoms with Gasteiger partial charge in [0.15, 0.2) is 11.5 Å². The molecular formula is C25H30F2O3. The van der Waals surface area contributed by atoms with Crippen molar-refractivity contribution in [2.24, 2.45) is 0 Å². The Bertz CT molecular complexity index is 812. The number of halogens is 2. The SMILES string of the molecule is C=CCCc1ccc(C2CCC(COc3ccc(OCCC)c(F)c3F)OC2)cc1. The van der Waals surface area contributed by atoms with Crippen LogP contribution in [-0.4, -0.2) is 25.9 Å². The second-order valence-corrected chi connectivity index (χ2v) is 7.65. The normalized spacial score (nSPS) is 18.8. The smallest absolute Gasteiger partial charge is 0.204 e. The molecule has 1 aliphatic heterocycles. The molecule has 2 aromatic rings. The van der Waals surface area contributed by atoms with Crippen LogP contribution in [0.5, 0.6) is 11.5 Å². The highest BCUT2D eigenvalue weighted by atomic mass is 19.2. The van der Waals surface area contributed by atoms with Crippen LogP contribution >= 0.6 is 0 Å². The minimum Gasteiger partial charge on any atom is -0.490 e. The summed E-state index contributed by atoms with van der Waals surface area (Å²) in [6, 6.07) is 11.5. The van der Waals surface area contributed by atoms with E-state index in [2.05, 4.69) is 30.8 Å². The zero-order valence-electron chi connectivity index (χ0n) is 17.5. The monoisotopic (exact) mass is 416 g/mol. The van der Waals surface area contributed by atoms with Gasteiger partial charge < -0.3 is 14.2 Å². The first-order chi connectivity index (χ1) is 14.6. The number of rotatable bonds is 10. The third-order valence-corrected chi connectivity index (χ3v) is 5.36. The predicted molar refractivity (Wildman–Crippen MR) is 114 cm³/mol. The maximum atomic E-state index is 14.2. The summed E-state index contributed by atoms with van der Waals surface area (Å²) >= 11 is 0. The van der Waals surface area contributed by atoms with Gasteiger partial charge in [0.25, 0.3) is 0 Å². The minimum atomic E-state index is -1.02. The lowest BCUT2D eigenvalue weighted by Gasteiger charge is -2.29. The molecule has 1 saturated heterocycles. The molecule has 0 bridgehead atoms. The van der Waals surface area contributed by atoms with E-state index in [1.165, 1.54) is 23.3 Å². The van der Waals surface area contributed by atoms with Crippen molar-refractivity contribution >= 4 is 0 Å². The maximum Gasteiger partial charge on any atom is 0.204 e. The number of hydrogen-bond donors (Lipinski definition) is 0. The molecule has 0 N–H and O–H groups in total. The van der Waals surface area contributed by atoms with Gasteiger partial charge >= 0.3 is 0 Å². The summed E-state index contributed by atoms with van der Waals surface area (Å²) in [5, 5.41) is 0. The molecule has 30 heavy (non-hydrogen) atoms. The Hall–Kier alpha value is -2.40. The van der Waals surface area contributed by atoms with E-state index in [0.717, 1.165) is 32.1 Å². The number of allylic oxidation sites excluding steroid dienone is 1. The molecule has 2 aromatic carbocycles. The van der Waals surface area contributed by atoms with Crippen LogP contribution in [0.1, 0.15) is 49.7 Å². The minimum absolute atomic E-state index is 0.0889. The highest BCUT2D eigenvalue weighted by Crippen LogP contribution is 2.31. The molecule has 3 nitrogen and oxygen atoms in total. The number of ether oxygens (including phenoxy) is 3. The lowest BCUT2D eigenvalue weighted by molar-refractivity contribution is -0.0219. The molecule has 0 saturated carbocycles. The van der Waals surface area contributed by atoms with Crippen LogP contribution in [0, 0.1) is 11.6 Å². The average Bonchev–Trinajstić information content (AvgIpc) is 2.79. The molecule has 1 aliphatic rings. The Morgan fingerprint density at radius 3 is 2.33 bits per heavy atom. The van der Waals surface area contributed by atoms with Crippen molar-refractivity contribution in [1.82, 2.24) is 0 Å². The fourth-order valence-electron chi connectivity index (χ4n) is 3.56. The molecule has 0 radical (unpaired) electrons. The topological polar surface area (TPSA) is 27.7 Å². The Morgan fingerprint density at radius 2 is 1.73 bits per heavy atom. The second-order valence-electron chi connectivity index (χ2n) is 7.65. The first kappa shape index (κ1) is 22.3. The van der Waals surface area contributed by atoms with Crippen LogP contribution in [0.2, 0.25) is 0 Å². The van der Waals surface area contributed by atoms with E-state index < -0.39 is 11.6 Å². The molecule has 1 heterocycles. The van der Waals surface area contributed by atoms with E-state index in [0.29, 0.717) is 19.1 Å². The third-order valence-electron chi connectivity index (χ3n) is 5.36. The lowest BCUT2D eigenvalue weighted by atomic mass is 9.90. The highest BCUT2D eigenvalue weighted by molar-refractivity contribution is 5.35. The van der Waals surface area contributed by atoms with E-state index in [-0.39, 0.29) is 24.2 Å². The molecule has 0 aliphatic carbocycles. The van der Waals surface area contributed by atoms with Crippen LogP contribution < -0.4 is 9.47 Å². The molecule has 5 heteroatoms. The first-order valence-electron chi connectivity index (χ1n) is 10.7. The van der Waals surface area contributed by atoms with Crippen molar-refractivity contribution in [3.05, 3.63) is 71.8 Å². The van der Waals surface area contributed by atoms with Crippen LogP contribution in [-0.2, 0) is 11.2 Å². The molecule has 2 atom stereocenters. The van der Waals surface area contributed by atoms with E-state index in [1.54, 1.807) is 0 Å². The summed E-state index contributed by atoms with van der Waals surface area (Å²) in [5.74, 6) is -1.89. The van der Waals surface area contributed by atoms with Gasteiger partial charge in [-0.1, -0.05) is 37.3 Å². The molecule has 2 unspecified atom stereocenters. The van der Waals surface area contributed by atoms with Crippen molar-refractivity contribution < 1.29 is 23.0 Å². The van der Waals surface area contributed by atoms with Gasteiger partial charge in [0.05, 0.1) is 19.3 Å². The van der Waals surface area contributed by atoms with Gasteiger partial charge in [0, 0.05) is 5.92 Å². The van der Waals surface area contributed by atoms with E-state index >= 15 is 0 Å². The Balaban J connectivity index is 1.48. The molecule has 0 spiro atoms. The predicted octanol–water partition coefficient (Wildman–Crippen LogP) is 6.21. The van der Waals surface area contributed by atoms with Crippen molar-refractivity contribution in [2.75, 3.05) is 19.8 Å².